The van der Waals surface area contributed by atoms with Crippen molar-refractivity contribution in [1.29, 1.82) is 0 Å². The van der Waals surface area contributed by atoms with E-state index in [1.165, 1.54) is 24.1 Å². The maximum atomic E-state index is 14.8. The molecule has 0 unspecified atom stereocenters. The first-order chi connectivity index (χ1) is 19.6. The van der Waals surface area contributed by atoms with Crippen LogP contribution in [0.1, 0.15) is 77.3 Å². The third-order valence-electron chi connectivity index (χ3n) is 7.94. The van der Waals surface area contributed by atoms with Crippen molar-refractivity contribution in [3.8, 4) is 16.9 Å². The van der Waals surface area contributed by atoms with Crippen molar-refractivity contribution in [2.75, 3.05) is 7.11 Å². The molecule has 0 aliphatic carbocycles. The van der Waals surface area contributed by atoms with Crippen LogP contribution in [0.2, 0.25) is 0 Å². The van der Waals surface area contributed by atoms with Crippen molar-refractivity contribution in [2.45, 2.75) is 69.2 Å². The lowest BCUT2D eigenvalue weighted by Crippen LogP contribution is -2.31. The Labute approximate surface area is 243 Å². The molecule has 2 fully saturated rings. The second kappa shape index (κ2) is 10.8. The molecule has 2 saturated heterocycles. The van der Waals surface area contributed by atoms with Gasteiger partial charge in [0.25, 0.3) is 5.24 Å². The van der Waals surface area contributed by atoms with Gasteiger partial charge in [-0.25, -0.2) is 4.39 Å². The van der Waals surface area contributed by atoms with Gasteiger partial charge in [0.2, 0.25) is 0 Å². The molecular formula is C31H28F7NO2S. The first kappa shape index (κ1) is 30.3. The van der Waals surface area contributed by atoms with Gasteiger partial charge in [-0.15, -0.1) is 0 Å². The van der Waals surface area contributed by atoms with Gasteiger partial charge in [-0.3, -0.25) is 4.79 Å². The zero-order valence-electron chi connectivity index (χ0n) is 23.2. The number of hydrogen-bond donors (Lipinski definition) is 0. The van der Waals surface area contributed by atoms with E-state index in [9.17, 15) is 35.5 Å². The number of thioether (sulfide) groups is 1. The van der Waals surface area contributed by atoms with Gasteiger partial charge >= 0.3 is 12.4 Å². The van der Waals surface area contributed by atoms with Crippen molar-refractivity contribution < 1.29 is 40.3 Å². The van der Waals surface area contributed by atoms with Crippen LogP contribution in [0.4, 0.5) is 35.5 Å². The molecule has 11 heteroatoms. The van der Waals surface area contributed by atoms with Gasteiger partial charge in [0, 0.05) is 17.7 Å². The lowest BCUT2D eigenvalue weighted by Gasteiger charge is -2.28. The van der Waals surface area contributed by atoms with Gasteiger partial charge in [-0.1, -0.05) is 43.3 Å². The Morgan fingerprint density at radius 2 is 1.60 bits per heavy atom. The number of benzene rings is 3. The predicted octanol–water partition coefficient (Wildman–Crippen LogP) is 10.1. The first-order valence-electron chi connectivity index (χ1n) is 13.4. The zero-order chi connectivity index (χ0) is 30.7. The molecule has 3 aromatic rings. The average Bonchev–Trinajstić information content (AvgIpc) is 3.48. The van der Waals surface area contributed by atoms with E-state index in [0.29, 0.717) is 40.7 Å². The summed E-state index contributed by atoms with van der Waals surface area (Å²) in [5, 5.41) is -1.04. The Kier molecular flexibility index (Phi) is 7.79. The Morgan fingerprint density at radius 3 is 2.21 bits per heavy atom. The van der Waals surface area contributed by atoms with Crippen molar-refractivity contribution in [1.82, 2.24) is 4.90 Å². The lowest BCUT2D eigenvalue weighted by atomic mass is 9.89. The fourth-order valence-electron chi connectivity index (χ4n) is 6.04. The monoisotopic (exact) mass is 611 g/mol. The van der Waals surface area contributed by atoms with E-state index in [1.54, 1.807) is 32.9 Å². The van der Waals surface area contributed by atoms with E-state index >= 15 is 0 Å². The predicted molar refractivity (Wildman–Crippen MR) is 147 cm³/mol. The Bertz CT molecular complexity index is 1530. The highest BCUT2D eigenvalue weighted by Crippen LogP contribution is 2.55. The second-order valence-electron chi connectivity index (χ2n) is 11.0. The minimum atomic E-state index is -4.66. The minimum Gasteiger partial charge on any atom is -0.496 e. The van der Waals surface area contributed by atoms with Gasteiger partial charge in [-0.2, -0.15) is 26.3 Å². The smallest absolute Gasteiger partial charge is 0.416 e. The zero-order valence-corrected chi connectivity index (χ0v) is 24.0. The Morgan fingerprint density at radius 1 is 0.905 bits per heavy atom. The van der Waals surface area contributed by atoms with Crippen LogP contribution in [0.3, 0.4) is 0 Å². The number of carbonyl (C=O) groups is 1. The third-order valence-corrected chi connectivity index (χ3v) is 9.19. The number of rotatable bonds is 5. The number of halogens is 7. The molecule has 42 heavy (non-hydrogen) atoms. The quantitative estimate of drug-likeness (QED) is 0.269. The molecule has 0 bridgehead atoms. The summed E-state index contributed by atoms with van der Waals surface area (Å²) in [5.74, 6) is -0.603. The van der Waals surface area contributed by atoms with Crippen LogP contribution in [-0.4, -0.2) is 23.3 Å². The molecule has 2 heterocycles. The Balaban J connectivity index is 1.62. The number of methoxy groups -OCH3 is 1. The molecule has 2 aliphatic rings. The van der Waals surface area contributed by atoms with Gasteiger partial charge in [0.1, 0.15) is 11.6 Å². The standard InChI is InChI=1S/C31H28F7NO2S/c1-15(2)21-13-23(27(41-4)14-24(21)32)20-6-5-18(30(33,34)35)12-22(20)25-7-8-26-28(42-29(40)39(25)26)17-9-16(3)10-19(11-17)31(36,37)38/h5-6,9-15,25-26,28H,7-8H2,1-4H3/t25-,26-,28+/m0/s1. The SMILES string of the molecule is COc1cc(F)c(C(C)C)cc1-c1ccc(C(F)(F)F)cc1[C@@H]1CC[C@H]2[C@@H](c3cc(C)cc(C(F)(F)F)c3)SC(=O)N12. The molecule has 0 saturated carbocycles. The number of hydrogen-bond acceptors (Lipinski definition) is 3. The van der Waals surface area contributed by atoms with Crippen LogP contribution < -0.4 is 4.74 Å². The summed E-state index contributed by atoms with van der Waals surface area (Å²) in [5.41, 5.74) is 0.353. The van der Waals surface area contributed by atoms with E-state index in [4.69, 9.17) is 4.74 Å². The van der Waals surface area contributed by atoms with Crippen LogP contribution in [0.5, 0.6) is 5.75 Å². The molecule has 1 amide bonds. The second-order valence-corrected chi connectivity index (χ2v) is 12.1. The summed E-state index contributed by atoms with van der Waals surface area (Å²) in [4.78, 5) is 14.9. The van der Waals surface area contributed by atoms with Crippen molar-refractivity contribution in [3.63, 3.8) is 0 Å². The van der Waals surface area contributed by atoms with Crippen LogP contribution in [-0.2, 0) is 12.4 Å². The maximum Gasteiger partial charge on any atom is 0.416 e. The summed E-state index contributed by atoms with van der Waals surface area (Å²) >= 11 is 0.888. The number of ether oxygens (including phenoxy) is 1. The fraction of sp³-hybridized carbons (Fsp3) is 0.387. The summed E-state index contributed by atoms with van der Waals surface area (Å²) < 4.78 is 103. The molecule has 2 aliphatic heterocycles. The highest BCUT2D eigenvalue weighted by atomic mass is 32.2. The van der Waals surface area contributed by atoms with Gasteiger partial charge in [-0.05, 0) is 78.3 Å². The molecule has 3 nitrogen and oxygen atoms in total. The summed E-state index contributed by atoms with van der Waals surface area (Å²) in [6, 6.07) is 8.44. The van der Waals surface area contributed by atoms with Crippen molar-refractivity contribution in [2.24, 2.45) is 0 Å². The minimum absolute atomic E-state index is 0.131. The molecular weight excluding hydrogens is 583 g/mol. The molecule has 3 aromatic carbocycles. The van der Waals surface area contributed by atoms with Crippen LogP contribution in [0, 0.1) is 12.7 Å². The van der Waals surface area contributed by atoms with Crippen molar-refractivity contribution >= 4 is 17.0 Å². The Hall–Kier alpha value is -3.21. The van der Waals surface area contributed by atoms with E-state index in [2.05, 4.69) is 0 Å². The molecule has 3 atom stereocenters. The number of fused-ring (bicyclic) bond motifs is 1. The number of nitrogens with zero attached hydrogens (tertiary/aromatic N) is 1. The van der Waals surface area contributed by atoms with Gasteiger partial charge in [0.05, 0.1) is 29.5 Å². The number of alkyl halides is 6. The lowest BCUT2D eigenvalue weighted by molar-refractivity contribution is -0.138. The van der Waals surface area contributed by atoms with Crippen LogP contribution in [0.15, 0.2) is 48.5 Å². The molecule has 0 aromatic heterocycles. The van der Waals surface area contributed by atoms with Gasteiger partial charge < -0.3 is 9.64 Å². The van der Waals surface area contributed by atoms with E-state index in [0.717, 1.165) is 36.0 Å². The maximum absolute atomic E-state index is 14.8. The van der Waals surface area contributed by atoms with Crippen LogP contribution >= 0.6 is 11.8 Å². The topological polar surface area (TPSA) is 29.5 Å². The third kappa shape index (κ3) is 5.47. The first-order valence-corrected chi connectivity index (χ1v) is 14.2. The van der Waals surface area contributed by atoms with E-state index < -0.39 is 51.9 Å². The largest absolute Gasteiger partial charge is 0.496 e. The molecule has 0 radical (unpaired) electrons. The number of carbonyl (C=O) groups excluding carboxylic acids is 1. The fourth-order valence-corrected chi connectivity index (χ4v) is 7.33. The summed E-state index contributed by atoms with van der Waals surface area (Å²) in [6.45, 7) is 5.13. The van der Waals surface area contributed by atoms with Gasteiger partial charge in [0.15, 0.2) is 0 Å². The van der Waals surface area contributed by atoms with Crippen molar-refractivity contribution in [3.05, 3.63) is 87.7 Å². The summed E-state index contributed by atoms with van der Waals surface area (Å²) in [7, 11) is 1.34. The highest BCUT2D eigenvalue weighted by Gasteiger charge is 2.50. The molecule has 0 N–H and O–H groups in total. The molecule has 224 valence electrons. The van der Waals surface area contributed by atoms with E-state index in [-0.39, 0.29) is 17.2 Å². The molecule has 0 spiro atoms. The normalized spacial score (nSPS) is 20.9. The number of aryl methyl sites for hydroxylation is 1. The summed E-state index contributed by atoms with van der Waals surface area (Å²) in [6.07, 6.45) is -8.54. The number of amides is 1. The van der Waals surface area contributed by atoms with E-state index in [1.807, 2.05) is 0 Å². The molecule has 5 rings (SSSR count). The average molecular weight is 612 g/mol. The van der Waals surface area contributed by atoms with Crippen LogP contribution in [0.25, 0.3) is 11.1 Å². The highest BCUT2D eigenvalue weighted by molar-refractivity contribution is 8.14.